The van der Waals surface area contributed by atoms with Gasteiger partial charge in [-0.3, -0.25) is 9.78 Å². The highest BCUT2D eigenvalue weighted by Gasteiger charge is 2.27. The molecule has 1 unspecified atom stereocenters. The third kappa shape index (κ3) is 4.82. The number of halogens is 2. The number of nitrogens with one attached hydrogen (secondary N) is 1. The summed E-state index contributed by atoms with van der Waals surface area (Å²) in [6, 6.07) is 6.59. The number of pyridine rings is 1. The Hall–Kier alpha value is -2.34. The molecule has 1 heterocycles. The zero-order chi connectivity index (χ0) is 16.9. The molecule has 0 saturated heterocycles. The zero-order valence-electron chi connectivity index (χ0n) is 12.7. The van der Waals surface area contributed by atoms with Gasteiger partial charge in [-0.2, -0.15) is 0 Å². The van der Waals surface area contributed by atoms with E-state index in [1.165, 1.54) is 13.0 Å². The maximum absolute atomic E-state index is 13.7. The van der Waals surface area contributed by atoms with Gasteiger partial charge in [0.2, 0.25) is 5.91 Å². The van der Waals surface area contributed by atoms with E-state index in [4.69, 9.17) is 0 Å². The lowest BCUT2D eigenvalue weighted by Gasteiger charge is -2.24. The van der Waals surface area contributed by atoms with Crippen LogP contribution in [-0.4, -0.2) is 22.5 Å². The van der Waals surface area contributed by atoms with E-state index in [1.54, 1.807) is 18.5 Å². The number of aryl methyl sites for hydroxylation is 1. The molecule has 2 N–H and O–H groups in total. The van der Waals surface area contributed by atoms with E-state index in [2.05, 4.69) is 10.3 Å². The Balaban J connectivity index is 1.89. The lowest BCUT2D eigenvalue weighted by molar-refractivity contribution is -0.122. The number of aromatic nitrogens is 1. The molecule has 1 aromatic heterocycles. The quantitative estimate of drug-likeness (QED) is 0.858. The number of hydrogen-bond donors (Lipinski definition) is 2. The second kappa shape index (κ2) is 7.28. The Labute approximate surface area is 133 Å². The molecule has 0 radical (unpaired) electrons. The minimum Gasteiger partial charge on any atom is -0.383 e. The SMILES string of the molecule is CC(O)(CNC(=O)CCc1cccnc1)c1ccc(F)cc1F. The Morgan fingerprint density at radius 2 is 2.13 bits per heavy atom. The summed E-state index contributed by atoms with van der Waals surface area (Å²) < 4.78 is 26.6. The maximum atomic E-state index is 13.7. The fourth-order valence-corrected chi connectivity index (χ4v) is 2.18. The lowest BCUT2D eigenvalue weighted by atomic mass is 9.95. The standard InChI is InChI=1S/C17H18F2N2O2/c1-17(23,14-6-5-13(18)9-15(14)19)11-21-16(22)7-4-12-3-2-8-20-10-12/h2-3,5-6,8-10,23H,4,7,11H2,1H3,(H,21,22). The summed E-state index contributed by atoms with van der Waals surface area (Å²) in [4.78, 5) is 15.8. The highest BCUT2D eigenvalue weighted by Crippen LogP contribution is 2.23. The van der Waals surface area contributed by atoms with E-state index in [9.17, 15) is 18.7 Å². The molecule has 6 heteroatoms. The van der Waals surface area contributed by atoms with Gasteiger partial charge in [0.1, 0.15) is 17.2 Å². The summed E-state index contributed by atoms with van der Waals surface area (Å²) in [7, 11) is 0. The summed E-state index contributed by atoms with van der Waals surface area (Å²) in [5.74, 6) is -1.83. The molecule has 2 rings (SSSR count). The van der Waals surface area contributed by atoms with Gasteiger partial charge in [0.25, 0.3) is 0 Å². The van der Waals surface area contributed by atoms with E-state index < -0.39 is 17.2 Å². The van der Waals surface area contributed by atoms with Crippen LogP contribution in [-0.2, 0) is 16.8 Å². The van der Waals surface area contributed by atoms with Crippen molar-refractivity contribution in [3.8, 4) is 0 Å². The smallest absolute Gasteiger partial charge is 0.220 e. The fraction of sp³-hybridized carbons (Fsp3) is 0.294. The lowest BCUT2D eigenvalue weighted by Crippen LogP contribution is -2.39. The van der Waals surface area contributed by atoms with E-state index in [1.807, 2.05) is 6.07 Å². The molecule has 0 fully saturated rings. The number of rotatable bonds is 6. The summed E-state index contributed by atoms with van der Waals surface area (Å²) in [5.41, 5.74) is -0.757. The molecule has 0 aliphatic heterocycles. The molecule has 0 saturated carbocycles. The summed E-state index contributed by atoms with van der Waals surface area (Å²) in [5, 5.41) is 12.9. The number of amides is 1. The molecule has 0 spiro atoms. The number of carbonyl (C=O) groups is 1. The largest absolute Gasteiger partial charge is 0.383 e. The van der Waals surface area contributed by atoms with Crippen LogP contribution in [0.1, 0.15) is 24.5 Å². The van der Waals surface area contributed by atoms with Crippen LogP contribution in [0.25, 0.3) is 0 Å². The van der Waals surface area contributed by atoms with Crippen molar-refractivity contribution >= 4 is 5.91 Å². The number of benzene rings is 1. The van der Waals surface area contributed by atoms with Crippen molar-refractivity contribution in [2.24, 2.45) is 0 Å². The fourth-order valence-electron chi connectivity index (χ4n) is 2.18. The second-order valence-corrected chi connectivity index (χ2v) is 5.54. The summed E-state index contributed by atoms with van der Waals surface area (Å²) in [6.45, 7) is 1.20. The molecule has 0 bridgehead atoms. The van der Waals surface area contributed by atoms with Gasteiger partial charge >= 0.3 is 0 Å². The first-order valence-corrected chi connectivity index (χ1v) is 7.22. The molecule has 1 amide bonds. The van der Waals surface area contributed by atoms with Gasteiger partial charge < -0.3 is 10.4 Å². The van der Waals surface area contributed by atoms with E-state index in [0.29, 0.717) is 12.5 Å². The first-order valence-electron chi connectivity index (χ1n) is 7.22. The highest BCUT2D eigenvalue weighted by molar-refractivity contribution is 5.76. The average molecular weight is 320 g/mol. The van der Waals surface area contributed by atoms with Crippen LogP contribution in [0, 0.1) is 11.6 Å². The zero-order valence-corrected chi connectivity index (χ0v) is 12.7. The maximum Gasteiger partial charge on any atom is 0.220 e. The molecule has 1 atom stereocenters. The van der Waals surface area contributed by atoms with Crippen molar-refractivity contribution in [2.45, 2.75) is 25.4 Å². The second-order valence-electron chi connectivity index (χ2n) is 5.54. The van der Waals surface area contributed by atoms with Gasteiger partial charge in [0.15, 0.2) is 0 Å². The number of hydrogen-bond acceptors (Lipinski definition) is 3. The normalized spacial score (nSPS) is 13.4. The van der Waals surface area contributed by atoms with Crippen molar-refractivity contribution in [3.63, 3.8) is 0 Å². The number of carbonyl (C=O) groups excluding carboxylic acids is 1. The molecule has 122 valence electrons. The van der Waals surface area contributed by atoms with Crippen molar-refractivity contribution in [1.29, 1.82) is 0 Å². The van der Waals surface area contributed by atoms with Gasteiger partial charge in [-0.15, -0.1) is 0 Å². The molecule has 23 heavy (non-hydrogen) atoms. The van der Waals surface area contributed by atoms with Crippen LogP contribution in [0.2, 0.25) is 0 Å². The van der Waals surface area contributed by atoms with Gasteiger partial charge in [-0.05, 0) is 31.0 Å². The predicted molar refractivity (Wildman–Crippen MR) is 81.5 cm³/mol. The average Bonchev–Trinajstić information content (AvgIpc) is 2.51. The Bertz CT molecular complexity index is 676. The van der Waals surface area contributed by atoms with Crippen LogP contribution in [0.3, 0.4) is 0 Å². The molecular weight excluding hydrogens is 302 g/mol. The van der Waals surface area contributed by atoms with Crippen LogP contribution in [0.5, 0.6) is 0 Å². The van der Waals surface area contributed by atoms with Crippen LogP contribution < -0.4 is 5.32 Å². The first-order chi connectivity index (χ1) is 10.9. The van der Waals surface area contributed by atoms with Gasteiger partial charge in [-0.1, -0.05) is 12.1 Å². The van der Waals surface area contributed by atoms with Gasteiger partial charge in [0, 0.05) is 30.4 Å². The molecule has 0 aliphatic rings. The van der Waals surface area contributed by atoms with E-state index in [-0.39, 0.29) is 24.4 Å². The van der Waals surface area contributed by atoms with Crippen molar-refractivity contribution in [3.05, 3.63) is 65.5 Å². The number of nitrogens with zero attached hydrogens (tertiary/aromatic N) is 1. The van der Waals surface area contributed by atoms with Crippen molar-refractivity contribution < 1.29 is 18.7 Å². The van der Waals surface area contributed by atoms with Gasteiger partial charge in [0.05, 0.1) is 6.54 Å². The van der Waals surface area contributed by atoms with Crippen LogP contribution in [0.4, 0.5) is 8.78 Å². The van der Waals surface area contributed by atoms with Crippen LogP contribution in [0.15, 0.2) is 42.7 Å². The predicted octanol–water partition coefficient (Wildman–Crippen LogP) is 2.32. The molecule has 2 aromatic rings. The molecule has 1 aromatic carbocycles. The topological polar surface area (TPSA) is 62.2 Å². The monoisotopic (exact) mass is 320 g/mol. The Morgan fingerprint density at radius 1 is 1.35 bits per heavy atom. The van der Waals surface area contributed by atoms with Crippen LogP contribution >= 0.6 is 0 Å². The Morgan fingerprint density at radius 3 is 2.78 bits per heavy atom. The minimum absolute atomic E-state index is 0.0635. The highest BCUT2D eigenvalue weighted by atomic mass is 19.1. The third-order valence-corrected chi connectivity index (χ3v) is 3.50. The van der Waals surface area contributed by atoms with Gasteiger partial charge in [-0.25, -0.2) is 8.78 Å². The Kier molecular flexibility index (Phi) is 5.39. The number of aliphatic hydroxyl groups is 1. The van der Waals surface area contributed by atoms with E-state index in [0.717, 1.165) is 11.6 Å². The minimum atomic E-state index is -1.62. The molecule has 0 aliphatic carbocycles. The first kappa shape index (κ1) is 17.0. The van der Waals surface area contributed by atoms with E-state index >= 15 is 0 Å². The molecular formula is C17H18F2N2O2. The summed E-state index contributed by atoms with van der Waals surface area (Å²) in [6.07, 6.45) is 4.08. The van der Waals surface area contributed by atoms with Crippen molar-refractivity contribution in [1.82, 2.24) is 10.3 Å². The van der Waals surface area contributed by atoms with Crippen molar-refractivity contribution in [2.75, 3.05) is 6.54 Å². The molecule has 4 nitrogen and oxygen atoms in total. The summed E-state index contributed by atoms with van der Waals surface area (Å²) >= 11 is 0. The third-order valence-electron chi connectivity index (χ3n) is 3.50.